The molecule has 3 aromatic rings. The summed E-state index contributed by atoms with van der Waals surface area (Å²) in [6.07, 6.45) is 3.47. The van der Waals surface area contributed by atoms with Gasteiger partial charge in [0.2, 0.25) is 0 Å². The molecule has 0 spiro atoms. The van der Waals surface area contributed by atoms with Crippen LogP contribution in [0.25, 0.3) is 22.0 Å². The molecule has 0 saturated heterocycles. The number of primary amides is 1. The summed E-state index contributed by atoms with van der Waals surface area (Å²) in [5.41, 5.74) is 10.6. The van der Waals surface area contributed by atoms with Crippen LogP contribution in [-0.2, 0) is 11.2 Å². The van der Waals surface area contributed by atoms with E-state index in [1.165, 1.54) is 6.08 Å². The normalized spacial score (nSPS) is 10.7. The lowest BCUT2D eigenvalue weighted by atomic mass is 9.94. The molecule has 1 aromatic heterocycles. The number of amides is 1. The van der Waals surface area contributed by atoms with Crippen LogP contribution in [0.15, 0.2) is 55.3 Å². The molecule has 0 unspecified atom stereocenters. The molecule has 4 heteroatoms. The molecule has 120 valence electrons. The highest BCUT2D eigenvalue weighted by Gasteiger charge is 2.13. The molecule has 0 atom stereocenters. The van der Waals surface area contributed by atoms with Gasteiger partial charge in [0.1, 0.15) is 0 Å². The van der Waals surface area contributed by atoms with Gasteiger partial charge in [0.15, 0.2) is 5.78 Å². The van der Waals surface area contributed by atoms with Crippen molar-refractivity contribution in [1.29, 1.82) is 0 Å². The average molecular weight is 318 g/mol. The minimum absolute atomic E-state index is 0.00822. The van der Waals surface area contributed by atoms with Gasteiger partial charge in [-0.05, 0) is 47.4 Å². The van der Waals surface area contributed by atoms with Crippen molar-refractivity contribution in [2.75, 3.05) is 0 Å². The molecule has 3 N–H and O–H groups in total. The standard InChI is InChI=1S/C20H18N2O2/c1-3-15(23)11-14-10-13(5-4-12(14)2)16-6-7-18(20(21)24)19-17(16)8-9-22-19/h3-10,22H,1,11H2,2H3,(H2,21,24). The first kappa shape index (κ1) is 15.7. The van der Waals surface area contributed by atoms with Crippen LogP contribution in [0, 0.1) is 6.92 Å². The number of aryl methyl sites for hydroxylation is 1. The highest BCUT2D eigenvalue weighted by Crippen LogP contribution is 2.31. The number of carbonyl (C=O) groups is 2. The molecular weight excluding hydrogens is 300 g/mol. The molecule has 2 aromatic carbocycles. The summed E-state index contributed by atoms with van der Waals surface area (Å²) in [6, 6.07) is 11.6. The number of aromatic nitrogens is 1. The van der Waals surface area contributed by atoms with Gasteiger partial charge in [-0.3, -0.25) is 9.59 Å². The number of allylic oxidation sites excluding steroid dienone is 1. The Morgan fingerprint density at radius 1 is 1.21 bits per heavy atom. The number of rotatable bonds is 5. The summed E-state index contributed by atoms with van der Waals surface area (Å²) in [5, 5.41) is 0.927. The predicted octanol–water partition coefficient (Wildman–Crippen LogP) is 3.54. The number of nitrogens with one attached hydrogen (secondary N) is 1. The van der Waals surface area contributed by atoms with Gasteiger partial charge in [0.05, 0.1) is 11.1 Å². The van der Waals surface area contributed by atoms with Crippen molar-refractivity contribution in [3.8, 4) is 11.1 Å². The fraction of sp³-hybridized carbons (Fsp3) is 0.100. The van der Waals surface area contributed by atoms with Crippen molar-refractivity contribution < 1.29 is 9.59 Å². The smallest absolute Gasteiger partial charge is 0.250 e. The molecule has 3 rings (SSSR count). The maximum atomic E-state index is 11.7. The van der Waals surface area contributed by atoms with E-state index < -0.39 is 5.91 Å². The highest BCUT2D eigenvalue weighted by atomic mass is 16.1. The zero-order chi connectivity index (χ0) is 17.3. The van der Waals surface area contributed by atoms with Gasteiger partial charge < -0.3 is 10.7 Å². The molecule has 0 aliphatic heterocycles. The molecule has 0 saturated carbocycles. The number of fused-ring (bicyclic) bond motifs is 1. The molecule has 0 radical (unpaired) electrons. The fourth-order valence-corrected chi connectivity index (χ4v) is 2.90. The van der Waals surface area contributed by atoms with E-state index >= 15 is 0 Å². The summed E-state index contributed by atoms with van der Waals surface area (Å²) in [6.45, 7) is 5.51. The van der Waals surface area contributed by atoms with E-state index in [9.17, 15) is 9.59 Å². The van der Waals surface area contributed by atoms with E-state index in [2.05, 4.69) is 11.6 Å². The van der Waals surface area contributed by atoms with Gasteiger partial charge in [-0.15, -0.1) is 0 Å². The van der Waals surface area contributed by atoms with Crippen LogP contribution in [0.2, 0.25) is 0 Å². The predicted molar refractivity (Wildman–Crippen MR) is 95.9 cm³/mol. The molecule has 1 amide bonds. The van der Waals surface area contributed by atoms with E-state index in [1.807, 2.05) is 37.3 Å². The summed E-state index contributed by atoms with van der Waals surface area (Å²) in [5.74, 6) is -0.471. The summed E-state index contributed by atoms with van der Waals surface area (Å²) < 4.78 is 0. The molecule has 24 heavy (non-hydrogen) atoms. The Balaban J connectivity index is 2.14. The number of aromatic amines is 1. The van der Waals surface area contributed by atoms with Gasteiger partial charge in [-0.25, -0.2) is 0 Å². The van der Waals surface area contributed by atoms with Crippen LogP contribution in [-0.4, -0.2) is 16.7 Å². The van der Waals surface area contributed by atoms with Crippen molar-refractivity contribution in [3.63, 3.8) is 0 Å². The highest BCUT2D eigenvalue weighted by molar-refractivity contribution is 6.09. The average Bonchev–Trinajstić information content (AvgIpc) is 3.05. The maximum Gasteiger partial charge on any atom is 0.250 e. The van der Waals surface area contributed by atoms with Crippen molar-refractivity contribution in [2.45, 2.75) is 13.3 Å². The molecule has 0 aliphatic carbocycles. The van der Waals surface area contributed by atoms with Crippen LogP contribution in [0.1, 0.15) is 21.5 Å². The first-order chi connectivity index (χ1) is 11.5. The lowest BCUT2D eigenvalue weighted by Gasteiger charge is -2.10. The zero-order valence-electron chi connectivity index (χ0n) is 13.4. The van der Waals surface area contributed by atoms with E-state index in [0.717, 1.165) is 33.2 Å². The van der Waals surface area contributed by atoms with Crippen molar-refractivity contribution in [3.05, 3.63) is 71.9 Å². The van der Waals surface area contributed by atoms with Gasteiger partial charge >= 0.3 is 0 Å². The van der Waals surface area contributed by atoms with Crippen molar-refractivity contribution in [1.82, 2.24) is 4.98 Å². The number of nitrogens with two attached hydrogens (primary N) is 1. The number of benzene rings is 2. The largest absolute Gasteiger partial charge is 0.366 e. The zero-order valence-corrected chi connectivity index (χ0v) is 13.4. The Labute approximate surface area is 140 Å². The molecule has 0 aliphatic rings. The molecule has 1 heterocycles. The van der Waals surface area contributed by atoms with E-state index in [-0.39, 0.29) is 5.78 Å². The Morgan fingerprint density at radius 2 is 2.00 bits per heavy atom. The Bertz CT molecular complexity index is 967. The van der Waals surface area contributed by atoms with Crippen LogP contribution in [0.4, 0.5) is 0 Å². The third-order valence-corrected chi connectivity index (χ3v) is 4.24. The second kappa shape index (κ2) is 6.16. The van der Waals surface area contributed by atoms with E-state index in [0.29, 0.717) is 12.0 Å². The summed E-state index contributed by atoms with van der Waals surface area (Å²) in [4.78, 5) is 26.3. The topological polar surface area (TPSA) is 76.0 Å². The second-order valence-corrected chi connectivity index (χ2v) is 5.78. The van der Waals surface area contributed by atoms with Crippen LogP contribution >= 0.6 is 0 Å². The number of H-pyrrole nitrogens is 1. The summed E-state index contributed by atoms with van der Waals surface area (Å²) in [7, 11) is 0. The molecular formula is C20H18N2O2. The van der Waals surface area contributed by atoms with E-state index in [4.69, 9.17) is 5.73 Å². The number of carbonyl (C=O) groups excluding carboxylic acids is 2. The minimum atomic E-state index is -0.463. The molecule has 4 nitrogen and oxygen atoms in total. The van der Waals surface area contributed by atoms with Crippen molar-refractivity contribution in [2.24, 2.45) is 5.73 Å². The maximum absolute atomic E-state index is 11.7. The van der Waals surface area contributed by atoms with E-state index in [1.54, 1.807) is 12.3 Å². The number of hydrogen-bond donors (Lipinski definition) is 2. The monoisotopic (exact) mass is 318 g/mol. The lowest BCUT2D eigenvalue weighted by molar-refractivity contribution is -0.114. The molecule has 0 fully saturated rings. The third kappa shape index (κ3) is 2.74. The number of ketones is 1. The van der Waals surface area contributed by atoms with Crippen molar-refractivity contribution >= 4 is 22.6 Å². The quantitative estimate of drug-likeness (QED) is 0.706. The third-order valence-electron chi connectivity index (χ3n) is 4.24. The number of hydrogen-bond acceptors (Lipinski definition) is 2. The first-order valence-electron chi connectivity index (χ1n) is 7.66. The van der Waals surface area contributed by atoms with Gasteiger partial charge in [-0.2, -0.15) is 0 Å². The van der Waals surface area contributed by atoms with Crippen LogP contribution < -0.4 is 5.73 Å². The Morgan fingerprint density at radius 3 is 2.71 bits per heavy atom. The Hall–Kier alpha value is -3.14. The van der Waals surface area contributed by atoms with Crippen LogP contribution in [0.3, 0.4) is 0 Å². The summed E-state index contributed by atoms with van der Waals surface area (Å²) >= 11 is 0. The van der Waals surface area contributed by atoms with Gasteiger partial charge in [0, 0.05) is 18.0 Å². The molecule has 0 bridgehead atoms. The van der Waals surface area contributed by atoms with Crippen LogP contribution in [0.5, 0.6) is 0 Å². The fourth-order valence-electron chi connectivity index (χ4n) is 2.90. The lowest BCUT2D eigenvalue weighted by Crippen LogP contribution is -2.11. The first-order valence-corrected chi connectivity index (χ1v) is 7.66. The minimum Gasteiger partial charge on any atom is -0.366 e. The van der Waals surface area contributed by atoms with Gasteiger partial charge in [0.25, 0.3) is 5.91 Å². The second-order valence-electron chi connectivity index (χ2n) is 5.78. The van der Waals surface area contributed by atoms with Gasteiger partial charge in [-0.1, -0.05) is 30.8 Å². The Kier molecular flexibility index (Phi) is 4.04. The SMILES string of the molecule is C=CC(=O)Cc1cc(-c2ccc(C(N)=O)c3[nH]ccc23)ccc1C.